The van der Waals surface area contributed by atoms with Crippen LogP contribution >= 0.6 is 0 Å². The van der Waals surface area contributed by atoms with E-state index in [0.29, 0.717) is 12.1 Å². The Morgan fingerprint density at radius 3 is 2.90 bits per heavy atom. The zero-order valence-electron chi connectivity index (χ0n) is 11.7. The molecule has 6 nitrogen and oxygen atoms in total. The highest BCUT2D eigenvalue weighted by atomic mass is 16.6. The van der Waals surface area contributed by atoms with Crippen molar-refractivity contribution in [3.05, 3.63) is 64.1 Å². The number of nitrogens with one attached hydrogen (secondary N) is 1. The van der Waals surface area contributed by atoms with Crippen LogP contribution in [0.2, 0.25) is 0 Å². The van der Waals surface area contributed by atoms with E-state index >= 15 is 0 Å². The topological polar surface area (TPSA) is 85.1 Å². The molecule has 2 atom stereocenters. The number of pyridine rings is 1. The highest BCUT2D eigenvalue weighted by molar-refractivity contribution is 5.92. The molecule has 2 rings (SSSR count). The number of carbonyl (C=O) groups excluding carboxylic acids is 1. The van der Waals surface area contributed by atoms with Gasteiger partial charge in [-0.25, -0.2) is 0 Å². The van der Waals surface area contributed by atoms with Crippen molar-refractivity contribution in [3.63, 3.8) is 0 Å². The Hall–Kier alpha value is -2.50. The molecule has 0 radical (unpaired) electrons. The molecule has 6 heteroatoms. The smallest absolute Gasteiger partial charge is 0.270 e. The van der Waals surface area contributed by atoms with Crippen molar-refractivity contribution in [2.75, 3.05) is 0 Å². The Morgan fingerprint density at radius 2 is 2.38 bits per heavy atom. The van der Waals surface area contributed by atoms with Crippen molar-refractivity contribution >= 4 is 5.91 Å². The molecule has 1 aliphatic carbocycles. The highest BCUT2D eigenvalue weighted by Gasteiger charge is 2.24. The van der Waals surface area contributed by atoms with Crippen molar-refractivity contribution in [2.45, 2.75) is 25.8 Å². The molecule has 1 aliphatic rings. The fourth-order valence-electron chi connectivity index (χ4n) is 2.31. The van der Waals surface area contributed by atoms with Crippen LogP contribution in [0.15, 0.2) is 48.3 Å². The normalized spacial score (nSPS) is 18.7. The van der Waals surface area contributed by atoms with E-state index in [1.54, 1.807) is 36.5 Å². The SMILES string of the molecule is CCC(NC(=O)c1ccccn1)C1C=CC([N+](=O)[O-])=CC1. The van der Waals surface area contributed by atoms with E-state index in [1.165, 1.54) is 6.08 Å². The summed E-state index contributed by atoms with van der Waals surface area (Å²) in [6.07, 6.45) is 7.76. The van der Waals surface area contributed by atoms with Crippen molar-refractivity contribution in [3.8, 4) is 0 Å². The minimum Gasteiger partial charge on any atom is -0.347 e. The summed E-state index contributed by atoms with van der Waals surface area (Å²) in [6.45, 7) is 1.98. The van der Waals surface area contributed by atoms with Gasteiger partial charge in [0.05, 0.1) is 4.92 Å². The van der Waals surface area contributed by atoms with Crippen LogP contribution in [-0.2, 0) is 0 Å². The second kappa shape index (κ2) is 6.78. The lowest BCUT2D eigenvalue weighted by molar-refractivity contribution is -0.419. The molecule has 0 fully saturated rings. The minimum atomic E-state index is -0.403. The quantitative estimate of drug-likeness (QED) is 0.665. The summed E-state index contributed by atoms with van der Waals surface area (Å²) in [5.74, 6) is -0.161. The number of hydrogen-bond acceptors (Lipinski definition) is 4. The Kier molecular flexibility index (Phi) is 4.81. The van der Waals surface area contributed by atoms with Crippen LogP contribution in [0.3, 0.4) is 0 Å². The van der Waals surface area contributed by atoms with Crippen LogP contribution in [0.5, 0.6) is 0 Å². The van der Waals surface area contributed by atoms with Gasteiger partial charge in [0.25, 0.3) is 11.6 Å². The molecule has 110 valence electrons. The fraction of sp³-hybridized carbons (Fsp3) is 0.333. The van der Waals surface area contributed by atoms with E-state index in [1.807, 2.05) is 6.92 Å². The molecule has 2 unspecified atom stereocenters. The molecule has 0 spiro atoms. The minimum absolute atomic E-state index is 0.0614. The lowest BCUT2D eigenvalue weighted by Gasteiger charge is -2.25. The zero-order chi connectivity index (χ0) is 15.2. The molecule has 1 amide bonds. The van der Waals surface area contributed by atoms with E-state index in [4.69, 9.17) is 0 Å². The number of allylic oxidation sites excluding steroid dienone is 2. The number of amides is 1. The molecule has 0 saturated carbocycles. The van der Waals surface area contributed by atoms with Gasteiger partial charge in [0.2, 0.25) is 0 Å². The first-order valence-electron chi connectivity index (χ1n) is 6.86. The van der Waals surface area contributed by atoms with Crippen LogP contribution in [0, 0.1) is 16.0 Å². The first-order chi connectivity index (χ1) is 10.1. The van der Waals surface area contributed by atoms with Gasteiger partial charge >= 0.3 is 0 Å². The molecule has 1 N–H and O–H groups in total. The maximum absolute atomic E-state index is 12.1. The molecular weight excluding hydrogens is 270 g/mol. The molecule has 1 aromatic heterocycles. The number of carbonyl (C=O) groups is 1. The van der Waals surface area contributed by atoms with E-state index < -0.39 is 4.92 Å². The highest BCUT2D eigenvalue weighted by Crippen LogP contribution is 2.21. The number of nitro groups is 1. The predicted octanol–water partition coefficient (Wildman–Crippen LogP) is 2.33. The molecule has 21 heavy (non-hydrogen) atoms. The first-order valence-corrected chi connectivity index (χ1v) is 6.86. The molecule has 0 aromatic carbocycles. The molecule has 0 bridgehead atoms. The van der Waals surface area contributed by atoms with Gasteiger partial charge in [-0.05, 0) is 31.1 Å². The van der Waals surface area contributed by atoms with Gasteiger partial charge in [0.15, 0.2) is 0 Å². The average Bonchev–Trinajstić information content (AvgIpc) is 2.53. The Balaban J connectivity index is 2.00. The predicted molar refractivity (Wildman–Crippen MR) is 78.1 cm³/mol. The zero-order valence-corrected chi connectivity index (χ0v) is 11.7. The van der Waals surface area contributed by atoms with Crippen LogP contribution in [0.25, 0.3) is 0 Å². The first kappa shape index (κ1) is 14.9. The number of rotatable bonds is 5. The third-order valence-electron chi connectivity index (χ3n) is 3.49. The number of aromatic nitrogens is 1. The summed E-state index contributed by atoms with van der Waals surface area (Å²) in [7, 11) is 0. The fourth-order valence-corrected chi connectivity index (χ4v) is 2.31. The second-order valence-electron chi connectivity index (χ2n) is 4.85. The van der Waals surface area contributed by atoms with Crippen molar-refractivity contribution in [2.24, 2.45) is 5.92 Å². The van der Waals surface area contributed by atoms with E-state index in [2.05, 4.69) is 10.3 Å². The summed E-state index contributed by atoms with van der Waals surface area (Å²) in [5, 5.41) is 13.6. The van der Waals surface area contributed by atoms with Gasteiger partial charge in [0, 0.05) is 24.2 Å². The average molecular weight is 287 g/mol. The Labute approximate surface area is 122 Å². The number of nitrogens with zero attached hydrogens (tertiary/aromatic N) is 2. The number of hydrogen-bond donors (Lipinski definition) is 1. The molecule has 1 heterocycles. The maximum Gasteiger partial charge on any atom is 0.270 e. The summed E-state index contributed by atoms with van der Waals surface area (Å²) >= 11 is 0. The van der Waals surface area contributed by atoms with Crippen molar-refractivity contribution in [1.29, 1.82) is 0 Å². The molecular formula is C15H17N3O3. The van der Waals surface area contributed by atoms with E-state index in [9.17, 15) is 14.9 Å². The standard InChI is InChI=1S/C15H17N3O3/c1-2-13(11-6-8-12(9-7-11)18(20)21)17-15(19)14-5-3-4-10-16-14/h3-6,8-11,13H,2,7H2,1H3,(H,17,19). The third kappa shape index (κ3) is 3.75. The Bertz CT molecular complexity index is 581. The maximum atomic E-state index is 12.1. The monoisotopic (exact) mass is 287 g/mol. The van der Waals surface area contributed by atoms with E-state index in [-0.39, 0.29) is 23.6 Å². The van der Waals surface area contributed by atoms with Crippen LogP contribution in [-0.4, -0.2) is 21.9 Å². The summed E-state index contributed by atoms with van der Waals surface area (Å²) in [4.78, 5) is 26.4. The van der Waals surface area contributed by atoms with Crippen molar-refractivity contribution in [1.82, 2.24) is 10.3 Å². The van der Waals surface area contributed by atoms with Gasteiger partial charge in [-0.3, -0.25) is 19.9 Å². The van der Waals surface area contributed by atoms with Crippen LogP contribution < -0.4 is 5.32 Å². The van der Waals surface area contributed by atoms with Crippen molar-refractivity contribution < 1.29 is 9.72 Å². The van der Waals surface area contributed by atoms with Gasteiger partial charge in [-0.1, -0.05) is 19.1 Å². The lowest BCUT2D eigenvalue weighted by atomic mass is 9.90. The Morgan fingerprint density at radius 1 is 1.57 bits per heavy atom. The van der Waals surface area contributed by atoms with Gasteiger partial charge in [-0.15, -0.1) is 0 Å². The lowest BCUT2D eigenvalue weighted by Crippen LogP contribution is -2.40. The second-order valence-corrected chi connectivity index (χ2v) is 4.85. The van der Waals surface area contributed by atoms with Crippen LogP contribution in [0.4, 0.5) is 0 Å². The van der Waals surface area contributed by atoms with Gasteiger partial charge in [0.1, 0.15) is 5.69 Å². The van der Waals surface area contributed by atoms with E-state index in [0.717, 1.165) is 6.42 Å². The van der Waals surface area contributed by atoms with Crippen LogP contribution in [0.1, 0.15) is 30.3 Å². The summed E-state index contributed by atoms with van der Waals surface area (Å²) in [5.41, 5.74) is 0.481. The van der Waals surface area contributed by atoms with Gasteiger partial charge in [-0.2, -0.15) is 0 Å². The largest absolute Gasteiger partial charge is 0.347 e. The van der Waals surface area contributed by atoms with Gasteiger partial charge < -0.3 is 5.32 Å². The molecule has 0 aliphatic heterocycles. The summed E-state index contributed by atoms with van der Waals surface area (Å²) < 4.78 is 0. The summed E-state index contributed by atoms with van der Waals surface area (Å²) in [6, 6.07) is 5.10. The molecule has 1 aromatic rings. The molecule has 0 saturated heterocycles. The third-order valence-corrected chi connectivity index (χ3v) is 3.49.